The van der Waals surface area contributed by atoms with E-state index < -0.39 is 0 Å². The van der Waals surface area contributed by atoms with Gasteiger partial charge in [-0.05, 0) is 31.6 Å². The molecular weight excluding hydrogens is 224 g/mol. The summed E-state index contributed by atoms with van der Waals surface area (Å²) in [7, 11) is 0. The fourth-order valence-corrected chi connectivity index (χ4v) is 2.96. The van der Waals surface area contributed by atoms with Crippen LogP contribution in [0.4, 0.5) is 0 Å². The lowest BCUT2D eigenvalue weighted by atomic mass is 9.82. The van der Waals surface area contributed by atoms with Gasteiger partial charge < -0.3 is 10.1 Å². The second-order valence-corrected chi connectivity index (χ2v) is 7.75. The summed E-state index contributed by atoms with van der Waals surface area (Å²) in [4.78, 5) is 2.68. The highest BCUT2D eigenvalue weighted by Gasteiger charge is 2.39. The molecule has 106 valence electrons. The van der Waals surface area contributed by atoms with Gasteiger partial charge in [-0.2, -0.15) is 0 Å². The Bertz CT molecular complexity index is 277. The number of nitrogens with one attached hydrogen (secondary N) is 1. The van der Waals surface area contributed by atoms with Crippen LogP contribution < -0.4 is 5.32 Å². The summed E-state index contributed by atoms with van der Waals surface area (Å²) in [5.74, 6) is 0.739. The second-order valence-electron chi connectivity index (χ2n) is 7.75. The van der Waals surface area contributed by atoms with Crippen LogP contribution in [0, 0.1) is 11.3 Å². The van der Waals surface area contributed by atoms with Crippen molar-refractivity contribution in [3.05, 3.63) is 0 Å². The van der Waals surface area contributed by atoms with Gasteiger partial charge in [0.1, 0.15) is 0 Å². The first kappa shape index (κ1) is 14.3. The summed E-state index contributed by atoms with van der Waals surface area (Å²) >= 11 is 0. The molecule has 2 heterocycles. The Hall–Kier alpha value is -0.120. The van der Waals surface area contributed by atoms with E-state index in [2.05, 4.69) is 44.8 Å². The number of hydrogen-bond acceptors (Lipinski definition) is 3. The summed E-state index contributed by atoms with van der Waals surface area (Å²) in [6.45, 7) is 17.1. The third kappa shape index (κ3) is 3.25. The highest BCUT2D eigenvalue weighted by atomic mass is 16.5. The van der Waals surface area contributed by atoms with E-state index in [9.17, 15) is 0 Å². The van der Waals surface area contributed by atoms with Crippen LogP contribution in [-0.4, -0.2) is 49.3 Å². The number of ether oxygens (including phenoxy) is 1. The fourth-order valence-electron chi connectivity index (χ4n) is 2.96. The Balaban J connectivity index is 1.99. The van der Waals surface area contributed by atoms with Gasteiger partial charge in [-0.3, -0.25) is 4.90 Å². The van der Waals surface area contributed by atoms with Gasteiger partial charge >= 0.3 is 0 Å². The molecule has 2 atom stereocenters. The molecule has 0 amide bonds. The Kier molecular flexibility index (Phi) is 4.05. The van der Waals surface area contributed by atoms with Gasteiger partial charge in [-0.25, -0.2) is 0 Å². The minimum Gasteiger partial charge on any atom is -0.381 e. The molecule has 0 aromatic rings. The molecule has 2 saturated heterocycles. The lowest BCUT2D eigenvalue weighted by Gasteiger charge is -2.50. The van der Waals surface area contributed by atoms with Gasteiger partial charge in [0.2, 0.25) is 0 Å². The molecule has 2 aliphatic rings. The Morgan fingerprint density at radius 2 is 2.06 bits per heavy atom. The predicted molar refractivity (Wildman–Crippen MR) is 75.8 cm³/mol. The van der Waals surface area contributed by atoms with Crippen molar-refractivity contribution in [1.82, 2.24) is 10.2 Å². The smallest absolute Gasteiger partial charge is 0.0507 e. The average Bonchev–Trinajstić information content (AvgIpc) is 2.72. The molecule has 2 aliphatic heterocycles. The maximum absolute atomic E-state index is 5.52. The van der Waals surface area contributed by atoms with Crippen LogP contribution in [0.25, 0.3) is 0 Å². The lowest BCUT2D eigenvalue weighted by Crippen LogP contribution is -2.65. The van der Waals surface area contributed by atoms with Crippen molar-refractivity contribution in [2.75, 3.05) is 32.8 Å². The first-order valence-corrected chi connectivity index (χ1v) is 7.35. The monoisotopic (exact) mass is 254 g/mol. The van der Waals surface area contributed by atoms with Crippen molar-refractivity contribution in [3.8, 4) is 0 Å². The van der Waals surface area contributed by atoms with Crippen LogP contribution in [0.3, 0.4) is 0 Å². The molecule has 1 N–H and O–H groups in total. The molecule has 0 radical (unpaired) electrons. The molecule has 3 nitrogen and oxygen atoms in total. The normalized spacial score (nSPS) is 33.8. The maximum Gasteiger partial charge on any atom is 0.0507 e. The van der Waals surface area contributed by atoms with E-state index in [1.165, 1.54) is 13.0 Å². The van der Waals surface area contributed by atoms with Crippen molar-refractivity contribution in [3.63, 3.8) is 0 Å². The maximum atomic E-state index is 5.52. The van der Waals surface area contributed by atoms with E-state index in [0.29, 0.717) is 11.5 Å². The van der Waals surface area contributed by atoms with Crippen LogP contribution in [0.5, 0.6) is 0 Å². The van der Waals surface area contributed by atoms with E-state index >= 15 is 0 Å². The van der Waals surface area contributed by atoms with E-state index in [1.54, 1.807) is 0 Å². The van der Waals surface area contributed by atoms with Crippen molar-refractivity contribution in [2.45, 2.75) is 52.6 Å². The zero-order valence-corrected chi connectivity index (χ0v) is 12.8. The zero-order valence-electron chi connectivity index (χ0n) is 12.8. The molecule has 0 bridgehead atoms. The summed E-state index contributed by atoms with van der Waals surface area (Å²) in [5, 5.41) is 3.73. The minimum atomic E-state index is 0.268. The van der Waals surface area contributed by atoms with Gasteiger partial charge in [-0.15, -0.1) is 0 Å². The summed E-state index contributed by atoms with van der Waals surface area (Å²) in [6.07, 6.45) is 1.24. The number of rotatable bonds is 2. The zero-order chi connectivity index (χ0) is 13.4. The first-order valence-electron chi connectivity index (χ1n) is 7.35. The van der Waals surface area contributed by atoms with Gasteiger partial charge in [0.25, 0.3) is 0 Å². The van der Waals surface area contributed by atoms with E-state index in [1.807, 2.05) is 0 Å². The van der Waals surface area contributed by atoms with Crippen molar-refractivity contribution >= 4 is 0 Å². The van der Waals surface area contributed by atoms with Gasteiger partial charge in [0.05, 0.1) is 6.61 Å². The fraction of sp³-hybridized carbons (Fsp3) is 1.00. The van der Waals surface area contributed by atoms with Crippen LogP contribution in [-0.2, 0) is 4.74 Å². The topological polar surface area (TPSA) is 24.5 Å². The predicted octanol–water partition coefficient (Wildman–Crippen LogP) is 2.12. The van der Waals surface area contributed by atoms with E-state index in [-0.39, 0.29) is 5.54 Å². The van der Waals surface area contributed by atoms with Gasteiger partial charge in [0, 0.05) is 37.8 Å². The molecule has 2 unspecified atom stereocenters. The van der Waals surface area contributed by atoms with Gasteiger partial charge in [0.15, 0.2) is 0 Å². The molecule has 0 aliphatic carbocycles. The molecule has 0 aromatic heterocycles. The Labute approximate surface area is 112 Å². The highest BCUT2D eigenvalue weighted by Crippen LogP contribution is 2.29. The Morgan fingerprint density at radius 3 is 2.61 bits per heavy atom. The average molecular weight is 254 g/mol. The third-order valence-electron chi connectivity index (χ3n) is 4.59. The largest absolute Gasteiger partial charge is 0.381 e. The molecule has 3 heteroatoms. The molecule has 2 rings (SSSR count). The quantitative estimate of drug-likeness (QED) is 0.817. The third-order valence-corrected chi connectivity index (χ3v) is 4.59. The van der Waals surface area contributed by atoms with Gasteiger partial charge in [-0.1, -0.05) is 20.8 Å². The summed E-state index contributed by atoms with van der Waals surface area (Å²) in [6, 6.07) is 0.591. The number of nitrogens with zero attached hydrogens (tertiary/aromatic N) is 1. The van der Waals surface area contributed by atoms with Crippen LogP contribution in [0.1, 0.15) is 41.0 Å². The number of piperazine rings is 1. The van der Waals surface area contributed by atoms with Crippen LogP contribution in [0.15, 0.2) is 0 Å². The van der Waals surface area contributed by atoms with E-state index in [4.69, 9.17) is 4.74 Å². The molecule has 0 spiro atoms. The first-order chi connectivity index (χ1) is 8.29. The minimum absolute atomic E-state index is 0.268. The number of hydrogen-bond donors (Lipinski definition) is 1. The second kappa shape index (κ2) is 5.10. The summed E-state index contributed by atoms with van der Waals surface area (Å²) < 4.78 is 5.52. The Morgan fingerprint density at radius 1 is 1.33 bits per heavy atom. The van der Waals surface area contributed by atoms with Crippen molar-refractivity contribution in [2.24, 2.45) is 11.3 Å². The molecule has 2 fully saturated rings. The highest BCUT2D eigenvalue weighted by molar-refractivity contribution is 4.97. The molecule has 0 aromatic carbocycles. The molecule has 18 heavy (non-hydrogen) atoms. The molecular formula is C15H30N2O. The van der Waals surface area contributed by atoms with Crippen LogP contribution in [0.2, 0.25) is 0 Å². The standard InChI is InChI=1S/C15H30N2O/c1-14(2,3)13-9-17(15(4,5)11-16-13)8-12-6-7-18-10-12/h12-13,16H,6-11H2,1-5H3. The van der Waals surface area contributed by atoms with E-state index in [0.717, 1.165) is 32.2 Å². The SMILES string of the molecule is CC(C)(C)C1CN(CC2CCOC2)C(C)(C)CN1. The summed E-state index contributed by atoms with van der Waals surface area (Å²) in [5.41, 5.74) is 0.602. The van der Waals surface area contributed by atoms with Crippen molar-refractivity contribution < 1.29 is 4.74 Å². The van der Waals surface area contributed by atoms with Crippen LogP contribution >= 0.6 is 0 Å². The van der Waals surface area contributed by atoms with Crippen molar-refractivity contribution in [1.29, 1.82) is 0 Å². The lowest BCUT2D eigenvalue weighted by molar-refractivity contribution is 0.0225. The molecule has 0 saturated carbocycles.